The van der Waals surface area contributed by atoms with E-state index < -0.39 is 10.0 Å². The zero-order valence-electron chi connectivity index (χ0n) is 17.2. The van der Waals surface area contributed by atoms with E-state index in [1.807, 2.05) is 19.9 Å². The van der Waals surface area contributed by atoms with Crippen molar-refractivity contribution in [3.05, 3.63) is 89.2 Å². The number of hydrogen-bond acceptors (Lipinski definition) is 4. The van der Waals surface area contributed by atoms with Crippen molar-refractivity contribution in [2.75, 3.05) is 15.8 Å². The van der Waals surface area contributed by atoms with Crippen molar-refractivity contribution in [1.29, 1.82) is 0 Å². The Bertz CT molecular complexity index is 1160. The van der Waals surface area contributed by atoms with Crippen molar-refractivity contribution in [1.82, 2.24) is 0 Å². The summed E-state index contributed by atoms with van der Waals surface area (Å²) in [6, 6.07) is 17.5. The zero-order valence-corrected chi connectivity index (χ0v) is 18.8. The maximum Gasteiger partial charge on any atom is 0.261 e. The fourth-order valence-corrected chi connectivity index (χ4v) is 4.61. The molecule has 0 saturated carbocycles. The minimum absolute atomic E-state index is 0.106. The predicted molar refractivity (Wildman–Crippen MR) is 124 cm³/mol. The SMILES string of the molecule is Cc1ccc(NS(=O)(=O)c2ccc(NC(=O)CSCc3ccc(F)cc3)cc2)cc1C. The first kappa shape index (κ1) is 22.8. The maximum absolute atomic E-state index is 12.9. The molecule has 8 heteroatoms. The molecule has 0 unspecified atom stereocenters. The van der Waals surface area contributed by atoms with E-state index in [-0.39, 0.29) is 22.4 Å². The van der Waals surface area contributed by atoms with Gasteiger partial charge in [-0.3, -0.25) is 9.52 Å². The molecule has 2 N–H and O–H groups in total. The molecule has 0 spiro atoms. The molecule has 0 aliphatic carbocycles. The van der Waals surface area contributed by atoms with Crippen molar-refractivity contribution in [2.45, 2.75) is 24.5 Å². The fraction of sp³-hybridized carbons (Fsp3) is 0.174. The van der Waals surface area contributed by atoms with Crippen molar-refractivity contribution in [3.63, 3.8) is 0 Å². The van der Waals surface area contributed by atoms with Crippen LogP contribution >= 0.6 is 11.8 Å². The van der Waals surface area contributed by atoms with Crippen LogP contribution in [0.4, 0.5) is 15.8 Å². The molecular formula is C23H23FN2O3S2. The van der Waals surface area contributed by atoms with Gasteiger partial charge in [-0.15, -0.1) is 11.8 Å². The minimum atomic E-state index is -3.73. The summed E-state index contributed by atoms with van der Waals surface area (Å²) in [7, 11) is -3.73. The van der Waals surface area contributed by atoms with Gasteiger partial charge < -0.3 is 5.32 Å². The van der Waals surface area contributed by atoms with Crippen LogP contribution in [0.25, 0.3) is 0 Å². The number of benzene rings is 3. The molecule has 0 radical (unpaired) electrons. The van der Waals surface area contributed by atoms with Gasteiger partial charge in [0, 0.05) is 17.1 Å². The number of nitrogens with one attached hydrogen (secondary N) is 2. The Kier molecular flexibility index (Phi) is 7.35. The molecule has 5 nitrogen and oxygen atoms in total. The average Bonchev–Trinajstić information content (AvgIpc) is 2.72. The molecular weight excluding hydrogens is 435 g/mol. The molecule has 162 valence electrons. The third kappa shape index (κ3) is 6.57. The molecule has 0 aromatic heterocycles. The summed E-state index contributed by atoms with van der Waals surface area (Å²) in [6.07, 6.45) is 0. The van der Waals surface area contributed by atoms with E-state index in [1.54, 1.807) is 36.4 Å². The van der Waals surface area contributed by atoms with Crippen LogP contribution in [0.5, 0.6) is 0 Å². The Balaban J connectivity index is 1.54. The average molecular weight is 459 g/mol. The number of rotatable bonds is 8. The summed E-state index contributed by atoms with van der Waals surface area (Å²) < 4.78 is 40.7. The van der Waals surface area contributed by atoms with Crippen molar-refractivity contribution in [3.8, 4) is 0 Å². The van der Waals surface area contributed by atoms with E-state index in [2.05, 4.69) is 10.0 Å². The fourth-order valence-electron chi connectivity index (χ4n) is 2.78. The molecule has 0 heterocycles. The highest BCUT2D eigenvalue weighted by Gasteiger charge is 2.15. The number of anilines is 2. The van der Waals surface area contributed by atoms with Gasteiger partial charge in [0.1, 0.15) is 5.82 Å². The summed E-state index contributed by atoms with van der Waals surface area (Å²) in [6.45, 7) is 3.88. The standard InChI is InChI=1S/C23H23FN2O3S2/c1-16-3-8-21(13-17(16)2)26-31(28,29)22-11-9-20(10-12-22)25-23(27)15-30-14-18-4-6-19(24)7-5-18/h3-13,26H,14-15H2,1-2H3,(H,25,27). The Morgan fingerprint density at radius 2 is 1.55 bits per heavy atom. The van der Waals surface area contributed by atoms with Crippen molar-refractivity contribution in [2.24, 2.45) is 0 Å². The molecule has 0 aliphatic rings. The number of hydrogen-bond donors (Lipinski definition) is 2. The lowest BCUT2D eigenvalue weighted by atomic mass is 10.1. The first-order valence-electron chi connectivity index (χ1n) is 9.55. The summed E-state index contributed by atoms with van der Waals surface area (Å²) in [5.74, 6) is 0.331. The molecule has 0 bridgehead atoms. The molecule has 0 aliphatic heterocycles. The van der Waals surface area contributed by atoms with E-state index in [9.17, 15) is 17.6 Å². The predicted octanol–water partition coefficient (Wildman–Crippen LogP) is 5.12. The molecule has 1 amide bonds. The molecule has 3 aromatic carbocycles. The van der Waals surface area contributed by atoms with Crippen LogP contribution in [-0.2, 0) is 20.6 Å². The van der Waals surface area contributed by atoms with E-state index in [0.717, 1.165) is 16.7 Å². The molecule has 3 aromatic rings. The van der Waals surface area contributed by atoms with Crippen LogP contribution in [0.15, 0.2) is 71.6 Å². The number of sulfonamides is 1. The first-order valence-corrected chi connectivity index (χ1v) is 12.2. The summed E-state index contributed by atoms with van der Waals surface area (Å²) >= 11 is 1.41. The van der Waals surface area contributed by atoms with Crippen LogP contribution in [0.2, 0.25) is 0 Å². The molecule has 0 saturated heterocycles. The topological polar surface area (TPSA) is 75.3 Å². The van der Waals surface area contributed by atoms with Gasteiger partial charge in [0.25, 0.3) is 10.0 Å². The van der Waals surface area contributed by atoms with Gasteiger partial charge in [0.15, 0.2) is 0 Å². The van der Waals surface area contributed by atoms with Crippen LogP contribution in [0, 0.1) is 19.7 Å². The monoisotopic (exact) mass is 458 g/mol. The van der Waals surface area contributed by atoms with Crippen molar-refractivity contribution >= 4 is 39.1 Å². The van der Waals surface area contributed by atoms with E-state index in [4.69, 9.17) is 0 Å². The number of carbonyl (C=O) groups is 1. The van der Waals surface area contributed by atoms with Gasteiger partial charge in [-0.1, -0.05) is 18.2 Å². The largest absolute Gasteiger partial charge is 0.325 e. The van der Waals surface area contributed by atoms with Gasteiger partial charge in [-0.05, 0) is 79.1 Å². The van der Waals surface area contributed by atoms with Gasteiger partial charge >= 0.3 is 0 Å². The second-order valence-electron chi connectivity index (χ2n) is 7.10. The highest BCUT2D eigenvalue weighted by molar-refractivity contribution is 7.99. The number of aryl methyl sites for hydroxylation is 2. The normalized spacial score (nSPS) is 11.2. The zero-order chi connectivity index (χ0) is 22.4. The second-order valence-corrected chi connectivity index (χ2v) is 9.76. The molecule has 0 fully saturated rings. The van der Waals surface area contributed by atoms with E-state index in [1.165, 1.54) is 36.0 Å². The van der Waals surface area contributed by atoms with Crippen LogP contribution < -0.4 is 10.0 Å². The van der Waals surface area contributed by atoms with Gasteiger partial charge in [0.2, 0.25) is 5.91 Å². The lowest BCUT2D eigenvalue weighted by Gasteiger charge is -2.11. The third-order valence-corrected chi connectivity index (χ3v) is 7.02. The maximum atomic E-state index is 12.9. The Labute approximate surface area is 186 Å². The summed E-state index contributed by atoms with van der Waals surface area (Å²) in [5.41, 5.74) is 4.02. The third-order valence-electron chi connectivity index (χ3n) is 4.62. The number of amides is 1. The van der Waals surface area contributed by atoms with Crippen LogP contribution in [-0.4, -0.2) is 20.1 Å². The van der Waals surface area contributed by atoms with Gasteiger partial charge in [0.05, 0.1) is 10.6 Å². The van der Waals surface area contributed by atoms with Crippen LogP contribution in [0.1, 0.15) is 16.7 Å². The van der Waals surface area contributed by atoms with Crippen LogP contribution in [0.3, 0.4) is 0 Å². The van der Waals surface area contributed by atoms with Gasteiger partial charge in [-0.2, -0.15) is 0 Å². The minimum Gasteiger partial charge on any atom is -0.325 e. The number of halogens is 1. The van der Waals surface area contributed by atoms with Gasteiger partial charge in [-0.25, -0.2) is 12.8 Å². The van der Waals surface area contributed by atoms with E-state index >= 15 is 0 Å². The number of thioether (sulfide) groups is 1. The Morgan fingerprint density at radius 3 is 2.19 bits per heavy atom. The highest BCUT2D eigenvalue weighted by Crippen LogP contribution is 2.21. The first-order chi connectivity index (χ1) is 14.7. The molecule has 0 atom stereocenters. The smallest absolute Gasteiger partial charge is 0.261 e. The molecule has 3 rings (SSSR count). The van der Waals surface area contributed by atoms with E-state index in [0.29, 0.717) is 17.1 Å². The summed E-state index contributed by atoms with van der Waals surface area (Å²) in [4.78, 5) is 12.2. The summed E-state index contributed by atoms with van der Waals surface area (Å²) in [5, 5.41) is 2.74. The Morgan fingerprint density at radius 1 is 0.903 bits per heavy atom. The quantitative estimate of drug-likeness (QED) is 0.492. The lowest BCUT2D eigenvalue weighted by molar-refractivity contribution is -0.113. The lowest BCUT2D eigenvalue weighted by Crippen LogP contribution is -2.15. The highest BCUT2D eigenvalue weighted by atomic mass is 32.2. The second kappa shape index (κ2) is 9.98. The Hall–Kier alpha value is -2.84. The van der Waals surface area contributed by atoms with Crippen molar-refractivity contribution < 1.29 is 17.6 Å². The molecule has 31 heavy (non-hydrogen) atoms. The number of carbonyl (C=O) groups excluding carboxylic acids is 1.